The van der Waals surface area contributed by atoms with Gasteiger partial charge in [0.2, 0.25) is 0 Å². The van der Waals surface area contributed by atoms with Gasteiger partial charge in [0.1, 0.15) is 0 Å². The van der Waals surface area contributed by atoms with Gasteiger partial charge in [-0.05, 0) is 18.2 Å². The number of carbonyl (C=O) groups excluding carboxylic acids is 1. The molecule has 0 aliphatic heterocycles. The number of carbonyl (C=O) groups is 1. The van der Waals surface area contributed by atoms with Gasteiger partial charge in [0.05, 0.1) is 28.3 Å². The first-order chi connectivity index (χ1) is 10.3. The van der Waals surface area contributed by atoms with Crippen LogP contribution in [0.1, 0.15) is 10.4 Å². The van der Waals surface area contributed by atoms with E-state index in [4.69, 9.17) is 11.6 Å². The zero-order valence-corrected chi connectivity index (χ0v) is 11.7. The third kappa shape index (κ3) is 2.78. The summed E-state index contributed by atoms with van der Waals surface area (Å²) < 4.78 is 1.82. The Hall–Kier alpha value is -2.66. The summed E-state index contributed by atoms with van der Waals surface area (Å²) in [6, 6.07) is 9.03. The number of pyridine rings is 1. The number of amides is 1. The van der Waals surface area contributed by atoms with Crippen LogP contribution in [0.4, 0.5) is 5.69 Å². The normalized spacial score (nSPS) is 10.3. The van der Waals surface area contributed by atoms with E-state index in [1.807, 2.05) is 35.0 Å². The number of anilines is 1. The maximum atomic E-state index is 12.3. The quantitative estimate of drug-likeness (QED) is 0.808. The SMILES string of the molecule is O=C(Nc1ccccc1-n1ccnc1)c1cnccc1Cl. The van der Waals surface area contributed by atoms with E-state index in [-0.39, 0.29) is 5.91 Å². The van der Waals surface area contributed by atoms with Crippen molar-refractivity contribution >= 4 is 23.2 Å². The molecular weight excluding hydrogens is 288 g/mol. The smallest absolute Gasteiger partial charge is 0.258 e. The Kier molecular flexibility index (Phi) is 3.66. The third-order valence-electron chi connectivity index (χ3n) is 2.95. The summed E-state index contributed by atoms with van der Waals surface area (Å²) >= 11 is 6.01. The number of para-hydroxylation sites is 2. The van der Waals surface area contributed by atoms with Gasteiger partial charge < -0.3 is 9.88 Å². The summed E-state index contributed by atoms with van der Waals surface area (Å²) in [6.45, 7) is 0. The molecule has 1 amide bonds. The summed E-state index contributed by atoms with van der Waals surface area (Å²) in [6.07, 6.45) is 8.14. The molecule has 0 spiro atoms. The fraction of sp³-hybridized carbons (Fsp3) is 0. The number of imidazole rings is 1. The van der Waals surface area contributed by atoms with Crippen molar-refractivity contribution in [2.24, 2.45) is 0 Å². The Labute approximate surface area is 126 Å². The van der Waals surface area contributed by atoms with Gasteiger partial charge in [-0.3, -0.25) is 9.78 Å². The van der Waals surface area contributed by atoms with Crippen molar-refractivity contribution in [2.45, 2.75) is 0 Å². The maximum absolute atomic E-state index is 12.3. The lowest BCUT2D eigenvalue weighted by Crippen LogP contribution is -2.14. The predicted octanol–water partition coefficient (Wildman–Crippen LogP) is 3.17. The molecule has 5 nitrogen and oxygen atoms in total. The van der Waals surface area contributed by atoms with Crippen molar-refractivity contribution in [1.82, 2.24) is 14.5 Å². The second kappa shape index (κ2) is 5.76. The molecule has 0 unspecified atom stereocenters. The summed E-state index contributed by atoms with van der Waals surface area (Å²) in [5.74, 6) is -0.305. The molecule has 0 fully saturated rings. The van der Waals surface area contributed by atoms with Gasteiger partial charge in [0.15, 0.2) is 0 Å². The molecule has 3 aromatic rings. The average Bonchev–Trinajstić information content (AvgIpc) is 3.02. The number of halogens is 1. The zero-order valence-electron chi connectivity index (χ0n) is 10.9. The Balaban J connectivity index is 1.93. The minimum Gasteiger partial charge on any atom is -0.320 e. The van der Waals surface area contributed by atoms with Gasteiger partial charge in [-0.2, -0.15) is 0 Å². The van der Waals surface area contributed by atoms with Crippen molar-refractivity contribution in [1.29, 1.82) is 0 Å². The Morgan fingerprint density at radius 1 is 1.14 bits per heavy atom. The number of nitrogens with one attached hydrogen (secondary N) is 1. The number of aromatic nitrogens is 3. The van der Waals surface area contributed by atoms with Crippen LogP contribution in [0.5, 0.6) is 0 Å². The highest BCUT2D eigenvalue weighted by molar-refractivity contribution is 6.34. The lowest BCUT2D eigenvalue weighted by atomic mass is 10.2. The van der Waals surface area contributed by atoms with E-state index in [1.54, 1.807) is 24.8 Å². The number of rotatable bonds is 3. The van der Waals surface area contributed by atoms with Gasteiger partial charge in [0.25, 0.3) is 5.91 Å². The van der Waals surface area contributed by atoms with Crippen LogP contribution < -0.4 is 5.32 Å². The van der Waals surface area contributed by atoms with E-state index in [1.165, 1.54) is 6.20 Å². The fourth-order valence-electron chi connectivity index (χ4n) is 1.94. The molecule has 0 aliphatic carbocycles. The van der Waals surface area contributed by atoms with Crippen LogP contribution in [-0.2, 0) is 0 Å². The van der Waals surface area contributed by atoms with Gasteiger partial charge in [-0.1, -0.05) is 23.7 Å². The van der Waals surface area contributed by atoms with Crippen LogP contribution in [0, 0.1) is 0 Å². The Morgan fingerprint density at radius 2 is 2.00 bits per heavy atom. The molecule has 0 bridgehead atoms. The van der Waals surface area contributed by atoms with Crippen LogP contribution in [-0.4, -0.2) is 20.4 Å². The van der Waals surface area contributed by atoms with Crippen molar-refractivity contribution in [2.75, 3.05) is 5.32 Å². The second-order valence-electron chi connectivity index (χ2n) is 4.30. The zero-order chi connectivity index (χ0) is 14.7. The summed E-state index contributed by atoms with van der Waals surface area (Å²) in [5.41, 5.74) is 1.82. The number of benzene rings is 1. The molecule has 21 heavy (non-hydrogen) atoms. The second-order valence-corrected chi connectivity index (χ2v) is 4.70. The van der Waals surface area contributed by atoms with Gasteiger partial charge in [-0.15, -0.1) is 0 Å². The first-order valence-corrected chi connectivity index (χ1v) is 6.62. The molecule has 104 valence electrons. The van der Waals surface area contributed by atoms with Crippen LogP contribution in [0.2, 0.25) is 5.02 Å². The van der Waals surface area contributed by atoms with Crippen molar-refractivity contribution in [3.8, 4) is 5.69 Å². The molecule has 0 saturated heterocycles. The molecule has 2 aromatic heterocycles. The number of hydrogen-bond acceptors (Lipinski definition) is 3. The van der Waals surface area contributed by atoms with E-state index in [2.05, 4.69) is 15.3 Å². The molecule has 6 heteroatoms. The standard InChI is InChI=1S/C15H11ClN4O/c16-12-5-6-17-9-11(12)15(21)19-13-3-1-2-4-14(13)20-8-7-18-10-20/h1-10H,(H,19,21). The van der Waals surface area contributed by atoms with Crippen LogP contribution >= 0.6 is 11.6 Å². The largest absolute Gasteiger partial charge is 0.320 e. The highest BCUT2D eigenvalue weighted by Gasteiger charge is 2.12. The molecule has 0 radical (unpaired) electrons. The molecule has 0 aliphatic rings. The van der Waals surface area contributed by atoms with E-state index in [9.17, 15) is 4.79 Å². The van der Waals surface area contributed by atoms with Gasteiger partial charge in [0, 0.05) is 24.8 Å². The van der Waals surface area contributed by atoms with E-state index in [0.29, 0.717) is 16.3 Å². The average molecular weight is 299 g/mol. The molecule has 3 rings (SSSR count). The lowest BCUT2D eigenvalue weighted by molar-refractivity contribution is 0.102. The van der Waals surface area contributed by atoms with Crippen molar-refractivity contribution in [3.05, 3.63) is 72.0 Å². The van der Waals surface area contributed by atoms with Gasteiger partial charge in [-0.25, -0.2) is 4.98 Å². The summed E-state index contributed by atoms with van der Waals surface area (Å²) in [4.78, 5) is 20.2. The van der Waals surface area contributed by atoms with E-state index < -0.39 is 0 Å². The monoisotopic (exact) mass is 298 g/mol. The first-order valence-electron chi connectivity index (χ1n) is 6.24. The minimum absolute atomic E-state index is 0.305. The van der Waals surface area contributed by atoms with Gasteiger partial charge >= 0.3 is 0 Å². The minimum atomic E-state index is -0.305. The summed E-state index contributed by atoms with van der Waals surface area (Å²) in [5, 5.41) is 3.21. The van der Waals surface area contributed by atoms with Crippen LogP contribution in [0.15, 0.2) is 61.4 Å². The number of hydrogen-bond donors (Lipinski definition) is 1. The predicted molar refractivity (Wildman–Crippen MR) is 80.8 cm³/mol. The number of nitrogens with zero attached hydrogens (tertiary/aromatic N) is 3. The van der Waals surface area contributed by atoms with Crippen molar-refractivity contribution in [3.63, 3.8) is 0 Å². The molecule has 0 atom stereocenters. The molecular formula is C15H11ClN4O. The third-order valence-corrected chi connectivity index (χ3v) is 3.28. The first kappa shape index (κ1) is 13.3. The highest BCUT2D eigenvalue weighted by Crippen LogP contribution is 2.21. The summed E-state index contributed by atoms with van der Waals surface area (Å²) in [7, 11) is 0. The molecule has 0 saturated carbocycles. The highest BCUT2D eigenvalue weighted by atomic mass is 35.5. The van der Waals surface area contributed by atoms with E-state index >= 15 is 0 Å². The van der Waals surface area contributed by atoms with E-state index in [0.717, 1.165) is 5.69 Å². The fourth-order valence-corrected chi connectivity index (χ4v) is 2.13. The Bertz CT molecular complexity index is 771. The van der Waals surface area contributed by atoms with Crippen LogP contribution in [0.25, 0.3) is 5.69 Å². The maximum Gasteiger partial charge on any atom is 0.258 e. The van der Waals surface area contributed by atoms with Crippen LogP contribution in [0.3, 0.4) is 0 Å². The Morgan fingerprint density at radius 3 is 2.76 bits per heavy atom. The topological polar surface area (TPSA) is 59.8 Å². The van der Waals surface area contributed by atoms with Crippen molar-refractivity contribution < 1.29 is 4.79 Å². The molecule has 2 heterocycles. The lowest BCUT2D eigenvalue weighted by Gasteiger charge is -2.11. The molecule has 1 aromatic carbocycles. The molecule has 1 N–H and O–H groups in total.